The number of piperazine rings is 1. The molecule has 0 radical (unpaired) electrons. The van der Waals surface area contributed by atoms with Crippen LogP contribution >= 0.6 is 0 Å². The van der Waals surface area contributed by atoms with Crippen molar-refractivity contribution < 1.29 is 4.79 Å². The molecule has 98 valence electrons. The number of hydrogen-bond donors (Lipinski definition) is 1. The van der Waals surface area contributed by atoms with Crippen molar-refractivity contribution in [3.63, 3.8) is 0 Å². The lowest BCUT2D eigenvalue weighted by molar-refractivity contribution is -0.141. The lowest BCUT2D eigenvalue weighted by Gasteiger charge is -2.38. The molecule has 1 aromatic heterocycles. The van der Waals surface area contributed by atoms with Crippen molar-refractivity contribution in [1.82, 2.24) is 14.8 Å². The fraction of sp³-hybridized carbons (Fsp3) is 0.538. The first-order chi connectivity index (χ1) is 8.72. The Labute approximate surface area is 108 Å². The Hall–Kier alpha value is -1.46. The highest BCUT2D eigenvalue weighted by molar-refractivity contribution is 5.82. The maximum absolute atomic E-state index is 12.2. The van der Waals surface area contributed by atoms with Gasteiger partial charge in [0, 0.05) is 32.4 Å². The summed E-state index contributed by atoms with van der Waals surface area (Å²) in [6, 6.07) is 5.70. The normalized spacial score (nSPS) is 21.3. The minimum atomic E-state index is -0.0778. The Morgan fingerprint density at radius 3 is 2.94 bits per heavy atom. The van der Waals surface area contributed by atoms with Gasteiger partial charge in [-0.2, -0.15) is 0 Å². The highest BCUT2D eigenvalue weighted by Gasteiger charge is 2.30. The number of carbonyl (C=O) groups excluding carboxylic acids is 1. The summed E-state index contributed by atoms with van der Waals surface area (Å²) in [6.07, 6.45) is 1.76. The van der Waals surface area contributed by atoms with E-state index in [2.05, 4.69) is 9.88 Å². The molecule has 2 rings (SSSR count). The predicted octanol–water partition coefficient (Wildman–Crippen LogP) is 0.0730. The van der Waals surface area contributed by atoms with Crippen LogP contribution in [0.25, 0.3) is 0 Å². The molecule has 0 saturated carbocycles. The van der Waals surface area contributed by atoms with Crippen LogP contribution in [0.5, 0.6) is 0 Å². The molecule has 0 bridgehead atoms. The van der Waals surface area contributed by atoms with E-state index in [1.165, 1.54) is 0 Å². The molecule has 1 fully saturated rings. The zero-order valence-corrected chi connectivity index (χ0v) is 10.7. The van der Waals surface area contributed by atoms with E-state index in [0.717, 1.165) is 25.3 Å². The first kappa shape index (κ1) is 13.0. The Kier molecular flexibility index (Phi) is 4.28. The van der Waals surface area contributed by atoms with E-state index in [1.807, 2.05) is 30.0 Å². The second kappa shape index (κ2) is 5.93. The summed E-state index contributed by atoms with van der Waals surface area (Å²) < 4.78 is 0. The van der Waals surface area contributed by atoms with E-state index in [-0.39, 0.29) is 11.9 Å². The van der Waals surface area contributed by atoms with E-state index in [9.17, 15) is 4.79 Å². The molecule has 1 aromatic rings. The quantitative estimate of drug-likeness (QED) is 0.819. The molecule has 2 N–H and O–H groups in total. The smallest absolute Gasteiger partial charge is 0.240 e. The molecule has 5 nitrogen and oxygen atoms in total. The second-order valence-corrected chi connectivity index (χ2v) is 4.58. The van der Waals surface area contributed by atoms with E-state index >= 15 is 0 Å². The van der Waals surface area contributed by atoms with Crippen molar-refractivity contribution in [2.45, 2.75) is 19.5 Å². The van der Waals surface area contributed by atoms with Gasteiger partial charge in [-0.1, -0.05) is 6.07 Å². The number of aromatic nitrogens is 1. The standard InChI is InChI=1S/C13H20N4O/c1-11-13(18)17(9-8-16(11)7-5-14)10-12-4-2-3-6-15-12/h2-4,6,11H,5,7-10,14H2,1H3. The van der Waals surface area contributed by atoms with Gasteiger partial charge in [0.05, 0.1) is 18.3 Å². The molecule has 5 heteroatoms. The first-order valence-corrected chi connectivity index (χ1v) is 6.35. The zero-order chi connectivity index (χ0) is 13.0. The highest BCUT2D eigenvalue weighted by Crippen LogP contribution is 2.13. The SMILES string of the molecule is CC1C(=O)N(Cc2ccccn2)CCN1CCN. The van der Waals surface area contributed by atoms with Crippen LogP contribution in [0.1, 0.15) is 12.6 Å². The summed E-state index contributed by atoms with van der Waals surface area (Å²) >= 11 is 0. The maximum Gasteiger partial charge on any atom is 0.240 e. The van der Waals surface area contributed by atoms with Crippen molar-refractivity contribution >= 4 is 5.91 Å². The third kappa shape index (κ3) is 2.86. The average Bonchev–Trinajstić information content (AvgIpc) is 2.40. The molecule has 2 heterocycles. The number of hydrogen-bond acceptors (Lipinski definition) is 4. The third-order valence-corrected chi connectivity index (χ3v) is 3.37. The van der Waals surface area contributed by atoms with Crippen LogP contribution in [0.4, 0.5) is 0 Å². The van der Waals surface area contributed by atoms with Crippen LogP contribution in [-0.4, -0.2) is 52.9 Å². The predicted molar refractivity (Wildman–Crippen MR) is 69.7 cm³/mol. The molecule has 1 aliphatic rings. The van der Waals surface area contributed by atoms with Gasteiger partial charge >= 0.3 is 0 Å². The Morgan fingerprint density at radius 1 is 1.44 bits per heavy atom. The molecule has 1 aliphatic heterocycles. The number of nitrogens with zero attached hydrogens (tertiary/aromatic N) is 3. The van der Waals surface area contributed by atoms with Gasteiger partial charge in [-0.15, -0.1) is 0 Å². The van der Waals surface area contributed by atoms with Gasteiger partial charge in [-0.25, -0.2) is 0 Å². The van der Waals surface area contributed by atoms with E-state index < -0.39 is 0 Å². The van der Waals surface area contributed by atoms with Gasteiger partial charge in [0.1, 0.15) is 0 Å². The lowest BCUT2D eigenvalue weighted by Crippen LogP contribution is -2.56. The Bertz CT molecular complexity index is 395. The maximum atomic E-state index is 12.2. The van der Waals surface area contributed by atoms with Crippen molar-refractivity contribution in [3.05, 3.63) is 30.1 Å². The van der Waals surface area contributed by atoms with Crippen molar-refractivity contribution in [2.75, 3.05) is 26.2 Å². The number of pyridine rings is 1. The van der Waals surface area contributed by atoms with Crippen LogP contribution in [0.15, 0.2) is 24.4 Å². The van der Waals surface area contributed by atoms with Crippen molar-refractivity contribution in [3.8, 4) is 0 Å². The van der Waals surface area contributed by atoms with Gasteiger partial charge in [0.25, 0.3) is 0 Å². The highest BCUT2D eigenvalue weighted by atomic mass is 16.2. The molecule has 0 spiro atoms. The number of nitrogens with two attached hydrogens (primary N) is 1. The van der Waals surface area contributed by atoms with Crippen LogP contribution < -0.4 is 5.73 Å². The first-order valence-electron chi connectivity index (χ1n) is 6.35. The van der Waals surface area contributed by atoms with Crippen molar-refractivity contribution in [1.29, 1.82) is 0 Å². The molecule has 0 aromatic carbocycles. The van der Waals surface area contributed by atoms with Crippen molar-refractivity contribution in [2.24, 2.45) is 5.73 Å². The van der Waals surface area contributed by atoms with Gasteiger partial charge in [0.2, 0.25) is 5.91 Å². The molecule has 1 amide bonds. The summed E-state index contributed by atoms with van der Waals surface area (Å²) in [5, 5.41) is 0. The molecule has 1 saturated heterocycles. The molecule has 0 aliphatic carbocycles. The van der Waals surface area contributed by atoms with Gasteiger partial charge in [0.15, 0.2) is 0 Å². The lowest BCUT2D eigenvalue weighted by atomic mass is 10.1. The fourth-order valence-electron chi connectivity index (χ4n) is 2.29. The Morgan fingerprint density at radius 2 is 2.28 bits per heavy atom. The molecule has 1 atom stereocenters. The number of amides is 1. The van der Waals surface area contributed by atoms with Gasteiger partial charge in [-0.3, -0.25) is 14.7 Å². The van der Waals surface area contributed by atoms with Crippen LogP contribution in [0.3, 0.4) is 0 Å². The fourth-order valence-corrected chi connectivity index (χ4v) is 2.29. The van der Waals surface area contributed by atoms with E-state index in [4.69, 9.17) is 5.73 Å². The summed E-state index contributed by atoms with van der Waals surface area (Å²) in [5.41, 5.74) is 6.48. The van der Waals surface area contributed by atoms with E-state index in [1.54, 1.807) is 6.20 Å². The second-order valence-electron chi connectivity index (χ2n) is 4.58. The van der Waals surface area contributed by atoms with E-state index in [0.29, 0.717) is 13.1 Å². The summed E-state index contributed by atoms with van der Waals surface area (Å²) in [7, 11) is 0. The van der Waals surface area contributed by atoms with Crippen LogP contribution in [0, 0.1) is 0 Å². The molecular weight excluding hydrogens is 228 g/mol. The monoisotopic (exact) mass is 248 g/mol. The van der Waals surface area contributed by atoms with Gasteiger partial charge < -0.3 is 10.6 Å². The third-order valence-electron chi connectivity index (χ3n) is 3.37. The molecular formula is C13H20N4O. The van der Waals surface area contributed by atoms with Crippen LogP contribution in [0.2, 0.25) is 0 Å². The summed E-state index contributed by atoms with van der Waals surface area (Å²) in [5.74, 6) is 0.167. The minimum Gasteiger partial charge on any atom is -0.334 e. The summed E-state index contributed by atoms with van der Waals surface area (Å²) in [4.78, 5) is 20.5. The Balaban J connectivity index is 1.98. The average molecular weight is 248 g/mol. The number of rotatable bonds is 4. The molecule has 18 heavy (non-hydrogen) atoms. The molecule has 1 unspecified atom stereocenters. The number of carbonyl (C=O) groups is 1. The topological polar surface area (TPSA) is 62.5 Å². The largest absolute Gasteiger partial charge is 0.334 e. The van der Waals surface area contributed by atoms with Gasteiger partial charge in [-0.05, 0) is 19.1 Å². The summed E-state index contributed by atoms with van der Waals surface area (Å²) in [6.45, 7) is 5.56. The zero-order valence-electron chi connectivity index (χ0n) is 10.7. The minimum absolute atomic E-state index is 0.0778. The van der Waals surface area contributed by atoms with Crippen LogP contribution in [-0.2, 0) is 11.3 Å².